The van der Waals surface area contributed by atoms with Crippen molar-refractivity contribution in [1.29, 1.82) is 0 Å². The van der Waals surface area contributed by atoms with E-state index in [2.05, 4.69) is 24.2 Å². The second kappa shape index (κ2) is 4.72. The maximum atomic E-state index is 5.52. The van der Waals surface area contributed by atoms with Crippen molar-refractivity contribution < 1.29 is 9.47 Å². The third-order valence-electron chi connectivity index (χ3n) is 2.34. The Balaban J connectivity index is 1.79. The molecule has 0 aliphatic carbocycles. The van der Waals surface area contributed by atoms with Crippen molar-refractivity contribution in [3.8, 4) is 0 Å². The molecule has 2 fully saturated rings. The molecule has 2 aliphatic heterocycles. The number of ether oxygens (including phenoxy) is 2. The maximum absolute atomic E-state index is 5.52. The number of nitrogens with one attached hydrogen (secondary N) is 1. The highest BCUT2D eigenvalue weighted by molar-refractivity contribution is 8.14. The van der Waals surface area contributed by atoms with E-state index in [4.69, 9.17) is 9.47 Å². The molecule has 0 aromatic carbocycles. The van der Waals surface area contributed by atoms with Crippen molar-refractivity contribution in [2.45, 2.75) is 25.5 Å². The van der Waals surface area contributed by atoms with Crippen LogP contribution in [0.3, 0.4) is 0 Å². The molecule has 2 saturated heterocycles. The van der Waals surface area contributed by atoms with E-state index in [-0.39, 0.29) is 11.6 Å². The average Bonchev–Trinajstić information content (AvgIpc) is 2.57. The fourth-order valence-corrected chi connectivity index (χ4v) is 2.61. The highest BCUT2D eigenvalue weighted by Gasteiger charge is 2.27. The fourth-order valence-electron chi connectivity index (χ4n) is 1.52. The molecule has 2 rings (SSSR count). The third-order valence-corrected chi connectivity index (χ3v) is 3.71. The molecule has 2 aliphatic rings. The van der Waals surface area contributed by atoms with Gasteiger partial charge in [-0.3, -0.25) is 4.99 Å². The standard InChI is InChI=1S/C10H18N2O2S/c1-10(2)7-15-9(12-10)11-5-8-6-13-3-4-14-8/h8H,3-7H2,1-2H3,(H,11,12). The Morgan fingerprint density at radius 2 is 2.40 bits per heavy atom. The van der Waals surface area contributed by atoms with Crippen LogP contribution >= 0.6 is 11.8 Å². The van der Waals surface area contributed by atoms with Gasteiger partial charge in [-0.2, -0.15) is 0 Å². The summed E-state index contributed by atoms with van der Waals surface area (Å²) in [5.41, 5.74) is 0.174. The van der Waals surface area contributed by atoms with Gasteiger partial charge in [0.15, 0.2) is 5.17 Å². The highest BCUT2D eigenvalue weighted by atomic mass is 32.2. The lowest BCUT2D eigenvalue weighted by molar-refractivity contribution is -0.0832. The van der Waals surface area contributed by atoms with E-state index in [1.807, 2.05) is 0 Å². The van der Waals surface area contributed by atoms with Crippen molar-refractivity contribution in [3.63, 3.8) is 0 Å². The van der Waals surface area contributed by atoms with E-state index in [1.54, 1.807) is 11.8 Å². The van der Waals surface area contributed by atoms with E-state index >= 15 is 0 Å². The largest absolute Gasteiger partial charge is 0.376 e. The maximum Gasteiger partial charge on any atom is 0.157 e. The SMILES string of the molecule is CC1(C)CSC(=NCC2COCCO2)N1. The molecule has 2 heterocycles. The first-order valence-corrected chi connectivity index (χ1v) is 6.29. The van der Waals surface area contributed by atoms with Gasteiger partial charge in [0.25, 0.3) is 0 Å². The van der Waals surface area contributed by atoms with Crippen LogP contribution in [0.4, 0.5) is 0 Å². The Morgan fingerprint density at radius 1 is 1.53 bits per heavy atom. The lowest BCUT2D eigenvalue weighted by Gasteiger charge is -2.21. The molecule has 0 radical (unpaired) electrons. The molecule has 0 amide bonds. The zero-order valence-corrected chi connectivity index (χ0v) is 10.1. The van der Waals surface area contributed by atoms with Crippen molar-refractivity contribution in [1.82, 2.24) is 5.32 Å². The van der Waals surface area contributed by atoms with E-state index in [9.17, 15) is 0 Å². The third kappa shape index (κ3) is 3.36. The van der Waals surface area contributed by atoms with E-state index in [0.717, 1.165) is 10.9 Å². The van der Waals surface area contributed by atoms with Gasteiger partial charge >= 0.3 is 0 Å². The van der Waals surface area contributed by atoms with Crippen molar-refractivity contribution in [2.75, 3.05) is 32.1 Å². The molecular formula is C10H18N2O2S. The summed E-state index contributed by atoms with van der Waals surface area (Å²) < 4.78 is 10.8. The number of rotatable bonds is 2. The first-order chi connectivity index (χ1) is 7.16. The fraction of sp³-hybridized carbons (Fsp3) is 0.900. The summed E-state index contributed by atoms with van der Waals surface area (Å²) in [5, 5.41) is 4.42. The number of hydrogen-bond acceptors (Lipinski definition) is 4. The van der Waals surface area contributed by atoms with E-state index in [0.29, 0.717) is 26.4 Å². The van der Waals surface area contributed by atoms with Gasteiger partial charge in [0.1, 0.15) is 6.10 Å². The quantitative estimate of drug-likeness (QED) is 0.764. The molecule has 0 aromatic heterocycles. The zero-order valence-electron chi connectivity index (χ0n) is 9.28. The second-order valence-corrected chi connectivity index (χ2v) is 5.48. The Bertz CT molecular complexity index is 250. The second-order valence-electron chi connectivity index (χ2n) is 4.51. The van der Waals surface area contributed by atoms with Crippen molar-refractivity contribution in [3.05, 3.63) is 0 Å². The summed E-state index contributed by atoms with van der Waals surface area (Å²) in [4.78, 5) is 4.51. The van der Waals surface area contributed by atoms with Crippen molar-refractivity contribution in [2.24, 2.45) is 4.99 Å². The van der Waals surface area contributed by atoms with Crippen LogP contribution in [0, 0.1) is 0 Å². The van der Waals surface area contributed by atoms with E-state index in [1.165, 1.54) is 0 Å². The Labute approximate surface area is 94.8 Å². The lowest BCUT2D eigenvalue weighted by atomic mass is 10.1. The van der Waals surface area contributed by atoms with Crippen LogP contribution in [-0.4, -0.2) is 48.9 Å². The molecule has 15 heavy (non-hydrogen) atoms. The molecule has 1 unspecified atom stereocenters. The minimum atomic E-state index is 0.136. The number of nitrogens with zero attached hydrogens (tertiary/aromatic N) is 1. The van der Waals surface area contributed by atoms with Gasteiger partial charge in [-0.25, -0.2) is 0 Å². The predicted molar refractivity (Wildman–Crippen MR) is 62.5 cm³/mol. The number of hydrogen-bond donors (Lipinski definition) is 1. The van der Waals surface area contributed by atoms with Crippen molar-refractivity contribution >= 4 is 16.9 Å². The van der Waals surface area contributed by atoms with Crippen LogP contribution in [0.2, 0.25) is 0 Å². The first-order valence-electron chi connectivity index (χ1n) is 5.30. The summed E-state index contributed by atoms with van der Waals surface area (Å²) in [7, 11) is 0. The van der Waals surface area contributed by atoms with Gasteiger partial charge in [0.05, 0.1) is 26.4 Å². The summed E-state index contributed by atoms with van der Waals surface area (Å²) >= 11 is 1.78. The van der Waals surface area contributed by atoms with E-state index < -0.39 is 0 Å². The summed E-state index contributed by atoms with van der Waals surface area (Å²) in [6.45, 7) is 7.15. The van der Waals surface area contributed by atoms with Gasteiger partial charge in [-0.15, -0.1) is 0 Å². The average molecular weight is 230 g/mol. The lowest BCUT2D eigenvalue weighted by Crippen LogP contribution is -2.37. The molecule has 0 saturated carbocycles. The molecule has 0 bridgehead atoms. The number of thioether (sulfide) groups is 1. The van der Waals surface area contributed by atoms with Crippen LogP contribution in [0.5, 0.6) is 0 Å². The van der Waals surface area contributed by atoms with Crippen LogP contribution in [-0.2, 0) is 9.47 Å². The Hall–Kier alpha value is -0.260. The molecule has 86 valence electrons. The molecule has 1 N–H and O–H groups in total. The van der Waals surface area contributed by atoms with Crippen LogP contribution in [0.15, 0.2) is 4.99 Å². The first kappa shape index (κ1) is 11.2. The van der Waals surface area contributed by atoms with Gasteiger partial charge in [0.2, 0.25) is 0 Å². The predicted octanol–water partition coefficient (Wildman–Crippen LogP) is 0.873. The molecule has 5 heteroatoms. The van der Waals surface area contributed by atoms with Gasteiger partial charge in [-0.05, 0) is 13.8 Å². The van der Waals surface area contributed by atoms with Gasteiger partial charge < -0.3 is 14.8 Å². The number of amidine groups is 1. The van der Waals surface area contributed by atoms with Gasteiger partial charge in [-0.1, -0.05) is 11.8 Å². The zero-order chi connectivity index (χ0) is 10.7. The van der Waals surface area contributed by atoms with Crippen LogP contribution in [0.25, 0.3) is 0 Å². The smallest absolute Gasteiger partial charge is 0.157 e. The topological polar surface area (TPSA) is 42.9 Å². The summed E-state index contributed by atoms with van der Waals surface area (Å²) in [6, 6.07) is 0. The Morgan fingerprint density at radius 3 is 3.00 bits per heavy atom. The summed E-state index contributed by atoms with van der Waals surface area (Å²) in [6.07, 6.45) is 0.136. The molecule has 1 atom stereocenters. The minimum absolute atomic E-state index is 0.136. The Kier molecular flexibility index (Phi) is 3.53. The van der Waals surface area contributed by atoms with Gasteiger partial charge in [0, 0.05) is 11.3 Å². The minimum Gasteiger partial charge on any atom is -0.376 e. The molecule has 0 spiro atoms. The normalized spacial score (nSPS) is 32.9. The molecule has 4 nitrogen and oxygen atoms in total. The van der Waals surface area contributed by atoms with Crippen LogP contribution < -0.4 is 5.32 Å². The monoisotopic (exact) mass is 230 g/mol. The molecule has 0 aromatic rings. The molecular weight excluding hydrogens is 212 g/mol. The summed E-state index contributed by atoms with van der Waals surface area (Å²) in [5.74, 6) is 1.08. The van der Waals surface area contributed by atoms with Crippen LogP contribution in [0.1, 0.15) is 13.8 Å². The highest BCUT2D eigenvalue weighted by Crippen LogP contribution is 2.22. The number of aliphatic imine (C=N–C) groups is 1.